The molecular weight excluding hydrogens is 502 g/mol. The van der Waals surface area contributed by atoms with Crippen LogP contribution in [0, 0.1) is 55.0 Å². The molecule has 0 aromatic heterocycles. The maximum atomic E-state index is 13.1. The van der Waals surface area contributed by atoms with Crippen LogP contribution < -0.4 is 10.0 Å². The van der Waals surface area contributed by atoms with Gasteiger partial charge in [0, 0.05) is 35.5 Å². The molecule has 5 heteroatoms. The Kier molecular flexibility index (Phi) is 13.0. The molecule has 0 amide bonds. The summed E-state index contributed by atoms with van der Waals surface area (Å²) in [6.07, 6.45) is 4.59. The van der Waals surface area contributed by atoms with Crippen LogP contribution >= 0.6 is 0 Å². The number of hydrogen-bond acceptors (Lipinski definition) is 3. The van der Waals surface area contributed by atoms with Crippen LogP contribution in [0.15, 0.2) is 36.2 Å². The molecule has 2 fully saturated rings. The van der Waals surface area contributed by atoms with Gasteiger partial charge >= 0.3 is 0 Å². The molecule has 1 saturated heterocycles. The fraction of sp³-hybridized carbons (Fsp3) is 0.452. The SMILES string of the molecule is CC/C(=C(/[O-])[N+]1[CH][CH][CH][C]1CO[Si](C)(C)C(C)(C)C)c1ccccc1.C[C]1[C](C)[C](C)[C](C)[C]1C.[Fe]. The Morgan fingerprint density at radius 1 is 0.889 bits per heavy atom. The van der Waals surface area contributed by atoms with Crippen LogP contribution in [0.3, 0.4) is 0 Å². The maximum Gasteiger partial charge on any atom is 0.235 e. The molecule has 0 unspecified atom stereocenters. The standard InChI is InChI=1S/C21H31NO2Si.C10H15.Fe/c1-7-19(17-12-9-8-10-13-17)20(23)22-15-11-14-18(22)16-24-25(5,6)21(2,3)4;1-6-7(2)9(4)10(5)8(6)3;/h8-15,23H,7,16H2,1-6H3;1-5H3;/q+1;;/p-1/b20-19-;;. The Balaban J connectivity index is 0.000000495. The second-order valence-corrected chi connectivity index (χ2v) is 15.9. The van der Waals surface area contributed by atoms with E-state index in [1.165, 1.54) is 29.6 Å². The minimum atomic E-state index is -1.85. The Labute approximate surface area is 235 Å². The van der Waals surface area contributed by atoms with E-state index in [0.717, 1.165) is 17.2 Å². The van der Waals surface area contributed by atoms with Gasteiger partial charge in [0.25, 0.3) is 0 Å². The van der Waals surface area contributed by atoms with Crippen molar-refractivity contribution >= 4 is 13.9 Å². The van der Waals surface area contributed by atoms with Crippen molar-refractivity contribution < 1.29 is 26.6 Å². The fourth-order valence-electron chi connectivity index (χ4n) is 3.87. The first-order valence-electron chi connectivity index (χ1n) is 12.7. The molecule has 0 N–H and O–H groups in total. The zero-order valence-electron chi connectivity index (χ0n) is 24.2. The molecule has 0 atom stereocenters. The Morgan fingerprint density at radius 2 is 1.36 bits per heavy atom. The first kappa shape index (κ1) is 33.4. The Bertz CT molecular complexity index is 775. The summed E-state index contributed by atoms with van der Waals surface area (Å²) in [5.41, 5.74) is 1.81. The van der Waals surface area contributed by atoms with E-state index in [4.69, 9.17) is 4.43 Å². The molecular formula is C31H45FeNO2Si. The van der Waals surface area contributed by atoms with Crippen molar-refractivity contribution in [3.05, 3.63) is 96.8 Å². The number of rotatable bonds is 6. The number of likely N-dealkylation sites (tertiary alicyclic amines) is 1. The normalized spacial score (nSPS) is 20.8. The topological polar surface area (TPSA) is 38.2 Å². The average molecular weight is 548 g/mol. The van der Waals surface area contributed by atoms with Gasteiger partial charge in [0.2, 0.25) is 6.04 Å². The zero-order chi connectivity index (χ0) is 26.6. The molecule has 0 bridgehead atoms. The smallest absolute Gasteiger partial charge is 0.235 e. The molecule has 3 rings (SSSR count). The maximum absolute atomic E-state index is 13.1. The van der Waals surface area contributed by atoms with Crippen molar-refractivity contribution in [1.82, 2.24) is 4.90 Å². The van der Waals surface area contributed by atoms with Gasteiger partial charge < -0.3 is 9.53 Å². The molecule has 2 aliphatic rings. The third-order valence-corrected chi connectivity index (χ3v) is 12.5. The predicted octanol–water partition coefficient (Wildman–Crippen LogP) is 7.37. The summed E-state index contributed by atoms with van der Waals surface area (Å²) in [5.74, 6) is 7.37. The van der Waals surface area contributed by atoms with E-state index in [-0.39, 0.29) is 28.0 Å². The van der Waals surface area contributed by atoms with Crippen LogP contribution in [0.2, 0.25) is 18.1 Å². The van der Waals surface area contributed by atoms with Gasteiger partial charge in [-0.3, -0.25) is 0 Å². The molecule has 36 heavy (non-hydrogen) atoms. The summed E-state index contributed by atoms with van der Waals surface area (Å²) in [6, 6.07) is 10.8. The van der Waals surface area contributed by atoms with Crippen LogP contribution in [0.4, 0.5) is 0 Å². The molecule has 198 valence electrons. The first-order chi connectivity index (χ1) is 16.2. The van der Waals surface area contributed by atoms with E-state index in [0.29, 0.717) is 13.0 Å². The van der Waals surface area contributed by atoms with Gasteiger partial charge in [0.05, 0.1) is 0 Å². The summed E-state index contributed by atoms with van der Waals surface area (Å²) in [4.78, 5) is 1.74. The summed E-state index contributed by atoms with van der Waals surface area (Å²) >= 11 is 0. The van der Waals surface area contributed by atoms with Crippen molar-refractivity contribution in [2.45, 2.75) is 86.9 Å². The van der Waals surface area contributed by atoms with E-state index in [9.17, 15) is 5.11 Å². The quantitative estimate of drug-likeness (QED) is 0.212. The number of nitrogens with zero attached hydrogens (tertiary/aromatic N) is 1. The van der Waals surface area contributed by atoms with Gasteiger partial charge in [-0.05, 0) is 59.7 Å². The molecule has 10 radical (unpaired) electrons. The number of benzene rings is 1. The van der Waals surface area contributed by atoms with Crippen molar-refractivity contribution in [1.29, 1.82) is 0 Å². The van der Waals surface area contributed by atoms with Crippen molar-refractivity contribution in [3.63, 3.8) is 0 Å². The molecule has 1 aliphatic carbocycles. The van der Waals surface area contributed by atoms with Crippen molar-refractivity contribution in [2.24, 2.45) is 0 Å². The van der Waals surface area contributed by atoms with Gasteiger partial charge in [-0.15, -0.1) is 4.90 Å². The summed E-state index contributed by atoms with van der Waals surface area (Å²) in [5, 5.41) is 13.2. The van der Waals surface area contributed by atoms with E-state index in [1.807, 2.05) is 56.6 Å². The monoisotopic (exact) mass is 547 g/mol. The van der Waals surface area contributed by atoms with E-state index >= 15 is 0 Å². The van der Waals surface area contributed by atoms with Gasteiger partial charge in [-0.25, -0.2) is 0 Å². The van der Waals surface area contributed by atoms with E-state index < -0.39 is 8.32 Å². The molecule has 0 spiro atoms. The summed E-state index contributed by atoms with van der Waals surface area (Å²) < 4.78 is 6.30. The molecule has 1 aliphatic heterocycles. The van der Waals surface area contributed by atoms with Gasteiger partial charge in [-0.2, -0.15) is 0 Å². The molecule has 1 saturated carbocycles. The third-order valence-electron chi connectivity index (χ3n) is 7.99. The predicted molar refractivity (Wildman–Crippen MR) is 150 cm³/mol. The van der Waals surface area contributed by atoms with E-state index in [2.05, 4.69) is 68.5 Å². The van der Waals surface area contributed by atoms with E-state index in [1.54, 1.807) is 4.90 Å². The molecule has 3 nitrogen and oxygen atoms in total. The largest absolute Gasteiger partial charge is 0.827 e. The number of hydrogen-bond donors (Lipinski definition) is 0. The number of allylic oxidation sites excluding steroid dienone is 1. The zero-order valence-corrected chi connectivity index (χ0v) is 26.3. The van der Waals surface area contributed by atoms with Crippen molar-refractivity contribution in [3.8, 4) is 0 Å². The fourth-order valence-corrected chi connectivity index (χ4v) is 4.81. The van der Waals surface area contributed by atoms with Crippen LogP contribution in [-0.2, 0) is 21.5 Å². The summed E-state index contributed by atoms with van der Waals surface area (Å²) in [7, 11) is -1.85. The van der Waals surface area contributed by atoms with Crippen LogP contribution in [0.25, 0.3) is 5.57 Å². The Hall–Kier alpha value is -0.584. The van der Waals surface area contributed by atoms with Gasteiger partial charge in [-0.1, -0.05) is 92.6 Å². The van der Waals surface area contributed by atoms with Gasteiger partial charge in [0.1, 0.15) is 12.5 Å². The average Bonchev–Trinajstić information content (AvgIpc) is 3.35. The summed E-state index contributed by atoms with van der Waals surface area (Å²) in [6.45, 7) is 26.5. The van der Waals surface area contributed by atoms with Crippen LogP contribution in [0.5, 0.6) is 0 Å². The molecule has 1 aromatic carbocycles. The second kappa shape index (κ2) is 14.0. The molecule has 1 aromatic rings. The second-order valence-electron chi connectivity index (χ2n) is 11.0. The molecule has 1 heterocycles. The van der Waals surface area contributed by atoms with Crippen LogP contribution in [0.1, 0.15) is 74.3 Å². The van der Waals surface area contributed by atoms with Crippen molar-refractivity contribution in [2.75, 3.05) is 6.61 Å². The minimum absolute atomic E-state index is 0. The Morgan fingerprint density at radius 3 is 1.78 bits per heavy atom. The van der Waals surface area contributed by atoms with Gasteiger partial charge in [0.15, 0.2) is 14.9 Å². The third kappa shape index (κ3) is 7.96. The van der Waals surface area contributed by atoms with Crippen LogP contribution in [-0.4, -0.2) is 14.9 Å². The first-order valence-corrected chi connectivity index (χ1v) is 15.6. The minimum Gasteiger partial charge on any atom is -0.827 e.